The topological polar surface area (TPSA) is 42.1 Å². The Morgan fingerprint density at radius 2 is 2.00 bits per heavy atom. The molecule has 1 fully saturated rings. The van der Waals surface area contributed by atoms with E-state index in [4.69, 9.17) is 5.73 Å². The molecule has 0 atom stereocenters. The van der Waals surface area contributed by atoms with Gasteiger partial charge in [0.05, 0.1) is 0 Å². The van der Waals surface area contributed by atoms with Crippen LogP contribution in [-0.4, -0.2) is 35.6 Å². The van der Waals surface area contributed by atoms with Crippen LogP contribution < -0.4 is 5.73 Å². The van der Waals surface area contributed by atoms with Gasteiger partial charge < -0.3 is 10.6 Å². The molecule has 1 aromatic rings. The van der Waals surface area contributed by atoms with Gasteiger partial charge in [-0.1, -0.05) is 0 Å². The van der Waals surface area contributed by atoms with E-state index >= 15 is 0 Å². The molecular formula is C13H21N3. The zero-order valence-electron chi connectivity index (χ0n) is 9.81. The molecule has 1 aromatic heterocycles. The highest BCUT2D eigenvalue weighted by molar-refractivity contribution is 5.10. The quantitative estimate of drug-likeness (QED) is 0.754. The summed E-state index contributed by atoms with van der Waals surface area (Å²) in [6, 6.07) is 5.05. The van der Waals surface area contributed by atoms with Crippen molar-refractivity contribution < 1.29 is 0 Å². The molecule has 0 spiro atoms. The van der Waals surface area contributed by atoms with Gasteiger partial charge in [0.15, 0.2) is 0 Å². The highest BCUT2D eigenvalue weighted by Crippen LogP contribution is 2.26. The summed E-state index contributed by atoms with van der Waals surface area (Å²) in [7, 11) is 0. The van der Waals surface area contributed by atoms with E-state index in [0.29, 0.717) is 0 Å². The maximum atomic E-state index is 5.57. The Labute approximate surface area is 97.7 Å². The fraction of sp³-hybridized carbons (Fsp3) is 0.615. The molecule has 3 nitrogen and oxygen atoms in total. The number of nitrogens with two attached hydrogens (primary N) is 1. The molecule has 0 aromatic carbocycles. The first kappa shape index (κ1) is 11.6. The van der Waals surface area contributed by atoms with Crippen LogP contribution in [0.15, 0.2) is 24.5 Å². The summed E-state index contributed by atoms with van der Waals surface area (Å²) >= 11 is 0. The first-order valence-electron chi connectivity index (χ1n) is 6.23. The second-order valence-electron chi connectivity index (χ2n) is 4.51. The van der Waals surface area contributed by atoms with Gasteiger partial charge >= 0.3 is 0 Å². The van der Waals surface area contributed by atoms with Crippen LogP contribution in [0, 0.1) is 0 Å². The lowest BCUT2D eigenvalue weighted by molar-refractivity contribution is 0.265. The van der Waals surface area contributed by atoms with Gasteiger partial charge in [-0.05, 0) is 56.5 Å². The maximum absolute atomic E-state index is 5.57. The smallest absolute Gasteiger partial charge is 0.0270 e. The van der Waals surface area contributed by atoms with Gasteiger partial charge in [0.1, 0.15) is 0 Å². The van der Waals surface area contributed by atoms with Gasteiger partial charge in [0.25, 0.3) is 0 Å². The van der Waals surface area contributed by atoms with Crippen molar-refractivity contribution in [2.75, 3.05) is 19.6 Å². The summed E-state index contributed by atoms with van der Waals surface area (Å²) < 4.78 is 0. The molecule has 0 bridgehead atoms. The number of aromatic nitrogens is 1. The molecule has 1 aliphatic rings. The van der Waals surface area contributed by atoms with Crippen LogP contribution in [0.3, 0.4) is 0 Å². The second-order valence-corrected chi connectivity index (χ2v) is 4.51. The monoisotopic (exact) mass is 219 g/mol. The molecule has 2 rings (SSSR count). The Bertz CT molecular complexity index is 295. The summed E-state index contributed by atoms with van der Waals surface area (Å²) in [5.74, 6) is 0. The predicted molar refractivity (Wildman–Crippen MR) is 66.2 cm³/mol. The fourth-order valence-electron chi connectivity index (χ4n) is 2.03. The van der Waals surface area contributed by atoms with Gasteiger partial charge in [0, 0.05) is 25.0 Å². The minimum absolute atomic E-state index is 0.804. The number of nitrogens with zero attached hydrogens (tertiary/aromatic N) is 2. The van der Waals surface area contributed by atoms with Crippen molar-refractivity contribution in [3.63, 3.8) is 0 Å². The van der Waals surface area contributed by atoms with Crippen molar-refractivity contribution in [3.8, 4) is 0 Å². The minimum atomic E-state index is 0.804. The SMILES string of the molecule is NCCCN(CCc1ccncc1)C1CC1. The van der Waals surface area contributed by atoms with Crippen molar-refractivity contribution in [2.45, 2.75) is 31.7 Å². The van der Waals surface area contributed by atoms with E-state index in [1.165, 1.54) is 18.4 Å². The standard InChI is InChI=1S/C13H21N3/c14-7-1-10-16(13-2-3-13)11-6-12-4-8-15-9-5-12/h4-5,8-9,13H,1-3,6-7,10-11,14H2. The highest BCUT2D eigenvalue weighted by Gasteiger charge is 2.27. The Hall–Kier alpha value is -0.930. The molecule has 0 saturated heterocycles. The lowest BCUT2D eigenvalue weighted by Crippen LogP contribution is -2.30. The molecule has 1 saturated carbocycles. The molecule has 0 amide bonds. The van der Waals surface area contributed by atoms with Gasteiger partial charge in [-0.2, -0.15) is 0 Å². The summed E-state index contributed by atoms with van der Waals surface area (Å²) in [4.78, 5) is 6.63. The van der Waals surface area contributed by atoms with Crippen molar-refractivity contribution >= 4 is 0 Å². The van der Waals surface area contributed by atoms with Crippen molar-refractivity contribution in [3.05, 3.63) is 30.1 Å². The summed E-state index contributed by atoms with van der Waals surface area (Å²) in [5, 5.41) is 0. The molecule has 0 aliphatic heterocycles. The van der Waals surface area contributed by atoms with E-state index in [9.17, 15) is 0 Å². The molecule has 1 aliphatic carbocycles. The predicted octanol–water partition coefficient (Wildman–Crippen LogP) is 1.44. The van der Waals surface area contributed by atoms with E-state index < -0.39 is 0 Å². The maximum Gasteiger partial charge on any atom is 0.0270 e. The minimum Gasteiger partial charge on any atom is -0.330 e. The zero-order chi connectivity index (χ0) is 11.2. The lowest BCUT2D eigenvalue weighted by Gasteiger charge is -2.21. The number of hydrogen-bond acceptors (Lipinski definition) is 3. The van der Waals surface area contributed by atoms with E-state index in [2.05, 4.69) is 22.0 Å². The molecule has 1 heterocycles. The molecule has 2 N–H and O–H groups in total. The third-order valence-electron chi connectivity index (χ3n) is 3.15. The van der Waals surface area contributed by atoms with E-state index in [1.807, 2.05) is 12.4 Å². The number of hydrogen-bond donors (Lipinski definition) is 1. The molecule has 16 heavy (non-hydrogen) atoms. The van der Waals surface area contributed by atoms with Crippen molar-refractivity contribution in [2.24, 2.45) is 5.73 Å². The normalized spacial score (nSPS) is 15.6. The average molecular weight is 219 g/mol. The number of pyridine rings is 1. The first-order valence-corrected chi connectivity index (χ1v) is 6.23. The van der Waals surface area contributed by atoms with Gasteiger partial charge in [0.2, 0.25) is 0 Å². The molecule has 0 radical (unpaired) electrons. The van der Waals surface area contributed by atoms with Gasteiger partial charge in [-0.15, -0.1) is 0 Å². The van der Waals surface area contributed by atoms with Crippen molar-refractivity contribution in [1.29, 1.82) is 0 Å². The molecule has 88 valence electrons. The largest absolute Gasteiger partial charge is 0.330 e. The molecule has 3 heteroatoms. The van der Waals surface area contributed by atoms with Crippen LogP contribution in [0.1, 0.15) is 24.8 Å². The summed E-state index contributed by atoms with van der Waals surface area (Å²) in [6.45, 7) is 3.12. The van der Waals surface area contributed by atoms with E-state index in [1.54, 1.807) is 0 Å². The molecular weight excluding hydrogens is 198 g/mol. The fourth-order valence-corrected chi connectivity index (χ4v) is 2.03. The lowest BCUT2D eigenvalue weighted by atomic mass is 10.2. The Kier molecular flexibility index (Phi) is 4.31. The van der Waals surface area contributed by atoms with Crippen molar-refractivity contribution in [1.82, 2.24) is 9.88 Å². The first-order chi connectivity index (χ1) is 7.90. The zero-order valence-corrected chi connectivity index (χ0v) is 9.81. The summed E-state index contributed by atoms with van der Waals surface area (Å²) in [6.07, 6.45) is 8.74. The highest BCUT2D eigenvalue weighted by atomic mass is 15.2. The van der Waals surface area contributed by atoms with Crippen LogP contribution >= 0.6 is 0 Å². The van der Waals surface area contributed by atoms with E-state index in [-0.39, 0.29) is 0 Å². The number of rotatable bonds is 7. The average Bonchev–Trinajstić information content (AvgIpc) is 3.15. The Balaban J connectivity index is 1.77. The molecule has 0 unspecified atom stereocenters. The van der Waals surface area contributed by atoms with Crippen LogP contribution in [0.5, 0.6) is 0 Å². The third kappa shape index (κ3) is 3.58. The van der Waals surface area contributed by atoms with Crippen LogP contribution in [0.25, 0.3) is 0 Å². The summed E-state index contributed by atoms with van der Waals surface area (Å²) in [5.41, 5.74) is 6.95. The van der Waals surface area contributed by atoms with Crippen LogP contribution in [0.2, 0.25) is 0 Å². The second kappa shape index (κ2) is 5.97. The van der Waals surface area contributed by atoms with Gasteiger partial charge in [-0.25, -0.2) is 0 Å². The Morgan fingerprint density at radius 3 is 2.62 bits per heavy atom. The van der Waals surface area contributed by atoms with E-state index in [0.717, 1.165) is 38.5 Å². The van der Waals surface area contributed by atoms with Crippen LogP contribution in [-0.2, 0) is 6.42 Å². The van der Waals surface area contributed by atoms with Gasteiger partial charge in [-0.3, -0.25) is 4.98 Å². The van der Waals surface area contributed by atoms with Crippen LogP contribution in [0.4, 0.5) is 0 Å². The Morgan fingerprint density at radius 1 is 1.25 bits per heavy atom. The third-order valence-corrected chi connectivity index (χ3v) is 3.15.